The molecule has 3 heteroatoms. The second kappa shape index (κ2) is 4.95. The highest BCUT2D eigenvalue weighted by Gasteiger charge is 2.21. The first kappa shape index (κ1) is 12.1. The van der Waals surface area contributed by atoms with E-state index < -0.39 is 0 Å². The summed E-state index contributed by atoms with van der Waals surface area (Å²) in [6, 6.07) is 15.5. The number of fused-ring (bicyclic) bond motifs is 1. The van der Waals surface area contributed by atoms with Crippen LogP contribution in [0.5, 0.6) is 5.75 Å². The van der Waals surface area contributed by atoms with E-state index in [9.17, 15) is 0 Å². The first-order chi connectivity index (χ1) is 9.26. The molecule has 0 saturated heterocycles. The Morgan fingerprint density at radius 1 is 1.16 bits per heavy atom. The highest BCUT2D eigenvalue weighted by atomic mass is 35.5. The molecule has 1 aliphatic heterocycles. The highest BCUT2D eigenvalue weighted by Crippen LogP contribution is 2.35. The lowest BCUT2D eigenvalue weighted by Crippen LogP contribution is -2.15. The van der Waals surface area contributed by atoms with E-state index in [0.717, 1.165) is 34.7 Å². The third-order valence-corrected chi connectivity index (χ3v) is 3.63. The summed E-state index contributed by atoms with van der Waals surface area (Å²) >= 11 is 5.89. The summed E-state index contributed by atoms with van der Waals surface area (Å²) in [6.07, 6.45) is 1.92. The molecule has 1 unspecified atom stereocenters. The number of ether oxygens (including phenoxy) is 1. The maximum Gasteiger partial charge on any atom is 0.124 e. The van der Waals surface area contributed by atoms with E-state index in [0.29, 0.717) is 5.56 Å². The van der Waals surface area contributed by atoms with Gasteiger partial charge in [-0.2, -0.15) is 5.26 Å². The van der Waals surface area contributed by atoms with Gasteiger partial charge in [0.15, 0.2) is 0 Å². The molecule has 1 heterocycles. The third kappa shape index (κ3) is 2.43. The summed E-state index contributed by atoms with van der Waals surface area (Å²) in [4.78, 5) is 0. The van der Waals surface area contributed by atoms with Crippen molar-refractivity contribution in [2.75, 3.05) is 0 Å². The van der Waals surface area contributed by atoms with Crippen molar-refractivity contribution in [3.8, 4) is 11.8 Å². The minimum atomic E-state index is 0.0673. The number of aryl methyl sites for hydroxylation is 1. The molecule has 94 valence electrons. The third-order valence-electron chi connectivity index (χ3n) is 3.38. The lowest BCUT2D eigenvalue weighted by Gasteiger charge is -2.26. The van der Waals surface area contributed by atoms with Crippen molar-refractivity contribution in [2.24, 2.45) is 0 Å². The van der Waals surface area contributed by atoms with Gasteiger partial charge in [0.2, 0.25) is 0 Å². The maximum atomic E-state index is 8.89. The monoisotopic (exact) mass is 269 g/mol. The van der Waals surface area contributed by atoms with Crippen LogP contribution in [0, 0.1) is 11.3 Å². The minimum absolute atomic E-state index is 0.0673. The van der Waals surface area contributed by atoms with Gasteiger partial charge in [0, 0.05) is 5.02 Å². The Labute approximate surface area is 117 Å². The molecule has 0 aliphatic carbocycles. The van der Waals surface area contributed by atoms with E-state index in [1.54, 1.807) is 6.07 Å². The van der Waals surface area contributed by atoms with Gasteiger partial charge in [-0.1, -0.05) is 23.7 Å². The molecular weight excluding hydrogens is 258 g/mol. The topological polar surface area (TPSA) is 33.0 Å². The van der Waals surface area contributed by atoms with Crippen LogP contribution in [0.1, 0.15) is 29.2 Å². The molecule has 3 rings (SSSR count). The summed E-state index contributed by atoms with van der Waals surface area (Å²) in [5.41, 5.74) is 2.94. The molecule has 0 fully saturated rings. The fourth-order valence-electron chi connectivity index (χ4n) is 2.37. The number of nitriles is 1. The van der Waals surface area contributed by atoms with Crippen molar-refractivity contribution in [2.45, 2.75) is 18.9 Å². The number of hydrogen-bond donors (Lipinski definition) is 0. The number of nitrogens with zero attached hydrogens (tertiary/aromatic N) is 1. The average molecular weight is 270 g/mol. The van der Waals surface area contributed by atoms with Crippen molar-refractivity contribution in [3.63, 3.8) is 0 Å². The average Bonchev–Trinajstić information content (AvgIpc) is 2.47. The molecule has 0 spiro atoms. The second-order valence-electron chi connectivity index (χ2n) is 4.63. The van der Waals surface area contributed by atoms with E-state index in [4.69, 9.17) is 21.6 Å². The first-order valence-corrected chi connectivity index (χ1v) is 6.59. The van der Waals surface area contributed by atoms with Gasteiger partial charge >= 0.3 is 0 Å². The van der Waals surface area contributed by atoms with Gasteiger partial charge in [0.1, 0.15) is 11.9 Å². The minimum Gasteiger partial charge on any atom is -0.485 e. The molecule has 19 heavy (non-hydrogen) atoms. The molecule has 0 bridgehead atoms. The standard InChI is InChI=1S/C16H12ClNO/c17-14-5-2-12(3-6-14)15-8-4-13-9-11(10-18)1-7-16(13)19-15/h1-3,5-7,9,15H,4,8H2. The Morgan fingerprint density at radius 2 is 1.95 bits per heavy atom. The largest absolute Gasteiger partial charge is 0.485 e. The van der Waals surface area contributed by atoms with Crippen LogP contribution in [0.4, 0.5) is 0 Å². The van der Waals surface area contributed by atoms with Crippen molar-refractivity contribution in [1.82, 2.24) is 0 Å². The molecule has 2 nitrogen and oxygen atoms in total. The van der Waals surface area contributed by atoms with Gasteiger partial charge in [0.25, 0.3) is 0 Å². The van der Waals surface area contributed by atoms with Gasteiger partial charge in [-0.05, 0) is 54.3 Å². The van der Waals surface area contributed by atoms with Crippen LogP contribution in [-0.4, -0.2) is 0 Å². The van der Waals surface area contributed by atoms with E-state index in [1.807, 2.05) is 36.4 Å². The number of halogens is 1. The fourth-order valence-corrected chi connectivity index (χ4v) is 2.50. The predicted molar refractivity (Wildman–Crippen MR) is 74.3 cm³/mol. The molecule has 0 amide bonds. The Kier molecular flexibility index (Phi) is 3.15. The van der Waals surface area contributed by atoms with Gasteiger partial charge in [-0.3, -0.25) is 0 Å². The molecule has 0 N–H and O–H groups in total. The van der Waals surface area contributed by atoms with Crippen LogP contribution >= 0.6 is 11.6 Å². The zero-order valence-electron chi connectivity index (χ0n) is 10.3. The zero-order valence-corrected chi connectivity index (χ0v) is 11.0. The lowest BCUT2D eigenvalue weighted by atomic mass is 9.96. The molecule has 0 radical (unpaired) electrons. The van der Waals surface area contributed by atoms with E-state index in [-0.39, 0.29) is 6.10 Å². The second-order valence-corrected chi connectivity index (χ2v) is 5.07. The van der Waals surface area contributed by atoms with Gasteiger partial charge in [0.05, 0.1) is 11.6 Å². The van der Waals surface area contributed by atoms with Crippen LogP contribution in [0.25, 0.3) is 0 Å². The normalized spacial score (nSPS) is 17.2. The quantitative estimate of drug-likeness (QED) is 0.774. The summed E-state index contributed by atoms with van der Waals surface area (Å²) in [5, 5.41) is 9.63. The number of benzene rings is 2. The van der Waals surface area contributed by atoms with Crippen molar-refractivity contribution < 1.29 is 4.74 Å². The zero-order chi connectivity index (χ0) is 13.2. The summed E-state index contributed by atoms with van der Waals surface area (Å²) in [7, 11) is 0. The first-order valence-electron chi connectivity index (χ1n) is 6.21. The van der Waals surface area contributed by atoms with Gasteiger partial charge in [-0.15, -0.1) is 0 Å². The van der Waals surface area contributed by atoms with Crippen LogP contribution in [0.15, 0.2) is 42.5 Å². The van der Waals surface area contributed by atoms with Gasteiger partial charge < -0.3 is 4.74 Å². The summed E-state index contributed by atoms with van der Waals surface area (Å²) < 4.78 is 6.00. The number of rotatable bonds is 1. The highest BCUT2D eigenvalue weighted by molar-refractivity contribution is 6.30. The SMILES string of the molecule is N#Cc1ccc2c(c1)CCC(c1ccc(Cl)cc1)O2. The molecule has 2 aromatic rings. The summed E-state index contributed by atoms with van der Waals surface area (Å²) in [6.45, 7) is 0. The Bertz CT molecular complexity index is 643. The molecular formula is C16H12ClNO. The summed E-state index contributed by atoms with van der Waals surface area (Å²) in [5.74, 6) is 0.880. The van der Waals surface area contributed by atoms with Crippen LogP contribution in [-0.2, 0) is 6.42 Å². The predicted octanol–water partition coefficient (Wildman–Crippen LogP) is 4.28. The van der Waals surface area contributed by atoms with Crippen LogP contribution < -0.4 is 4.74 Å². The smallest absolute Gasteiger partial charge is 0.124 e. The molecule has 0 saturated carbocycles. The Hall–Kier alpha value is -1.98. The Morgan fingerprint density at radius 3 is 2.68 bits per heavy atom. The fraction of sp³-hybridized carbons (Fsp3) is 0.188. The number of hydrogen-bond acceptors (Lipinski definition) is 2. The van der Waals surface area contributed by atoms with E-state index in [2.05, 4.69) is 6.07 Å². The van der Waals surface area contributed by atoms with Crippen molar-refractivity contribution in [1.29, 1.82) is 5.26 Å². The molecule has 1 aliphatic rings. The molecule has 0 aromatic heterocycles. The molecule has 2 aromatic carbocycles. The Balaban J connectivity index is 1.86. The van der Waals surface area contributed by atoms with Crippen LogP contribution in [0.2, 0.25) is 5.02 Å². The van der Waals surface area contributed by atoms with E-state index >= 15 is 0 Å². The van der Waals surface area contributed by atoms with Crippen LogP contribution in [0.3, 0.4) is 0 Å². The van der Waals surface area contributed by atoms with E-state index in [1.165, 1.54) is 0 Å². The lowest BCUT2D eigenvalue weighted by molar-refractivity contribution is 0.176. The van der Waals surface area contributed by atoms with Gasteiger partial charge in [-0.25, -0.2) is 0 Å². The maximum absolute atomic E-state index is 8.89. The van der Waals surface area contributed by atoms with Crippen molar-refractivity contribution in [3.05, 3.63) is 64.2 Å². The molecule has 1 atom stereocenters. The van der Waals surface area contributed by atoms with Crippen molar-refractivity contribution >= 4 is 11.6 Å².